The third-order valence-electron chi connectivity index (χ3n) is 8.26. The standard InChI is InChI=1S/C30H33ClN2O7/c1-37-24-9-8-17(12-21(24)31)10-11-30(18-6-4-5-7-18)16-23(34)20(29(36)40-30)14-27-32-22-15-26(39-3)25(38-2)13-19(22)28(35)33-27/h8-9,12-13,15,18,20H,4-7,10-11,14,16H2,1-3H3,(H,32,33,35). The van der Waals surface area contributed by atoms with Crippen LogP contribution in [0.3, 0.4) is 0 Å². The van der Waals surface area contributed by atoms with Gasteiger partial charge in [-0.3, -0.25) is 14.4 Å². The van der Waals surface area contributed by atoms with Crippen LogP contribution in [0, 0.1) is 11.8 Å². The average molecular weight is 569 g/mol. The molecule has 1 aliphatic carbocycles. The van der Waals surface area contributed by atoms with E-state index < -0.39 is 23.0 Å². The first-order valence-electron chi connectivity index (χ1n) is 13.5. The summed E-state index contributed by atoms with van der Waals surface area (Å²) in [5.74, 6) is -0.0103. The number of carbonyl (C=O) groups excluding carboxylic acids is 2. The Morgan fingerprint density at radius 2 is 1.70 bits per heavy atom. The van der Waals surface area contributed by atoms with Crippen molar-refractivity contribution in [3.8, 4) is 17.2 Å². The van der Waals surface area contributed by atoms with Gasteiger partial charge in [0, 0.05) is 18.9 Å². The second-order valence-corrected chi connectivity index (χ2v) is 11.0. The van der Waals surface area contributed by atoms with Crippen molar-refractivity contribution in [3.63, 3.8) is 0 Å². The van der Waals surface area contributed by atoms with Crippen LogP contribution in [0.1, 0.15) is 49.9 Å². The van der Waals surface area contributed by atoms with Crippen LogP contribution >= 0.6 is 11.6 Å². The van der Waals surface area contributed by atoms with Gasteiger partial charge in [-0.15, -0.1) is 0 Å². The van der Waals surface area contributed by atoms with E-state index in [1.165, 1.54) is 14.2 Å². The van der Waals surface area contributed by atoms with E-state index in [9.17, 15) is 14.4 Å². The summed E-state index contributed by atoms with van der Waals surface area (Å²) in [5.41, 5.74) is 0.114. The van der Waals surface area contributed by atoms with Gasteiger partial charge >= 0.3 is 5.97 Å². The number of H-pyrrole nitrogens is 1. The van der Waals surface area contributed by atoms with Gasteiger partial charge in [0.1, 0.15) is 23.1 Å². The summed E-state index contributed by atoms with van der Waals surface area (Å²) in [5, 5.41) is 0.831. The van der Waals surface area contributed by atoms with E-state index in [0.29, 0.717) is 46.0 Å². The summed E-state index contributed by atoms with van der Waals surface area (Å²) >= 11 is 6.33. The number of ether oxygens (including phenoxy) is 4. The molecule has 0 spiro atoms. The topological polar surface area (TPSA) is 117 Å². The van der Waals surface area contributed by atoms with Crippen LogP contribution in [0.25, 0.3) is 10.9 Å². The molecule has 2 unspecified atom stereocenters. The number of ketones is 1. The molecule has 0 radical (unpaired) electrons. The summed E-state index contributed by atoms with van der Waals surface area (Å²) in [6, 6.07) is 8.76. The molecule has 5 rings (SSSR count). The Labute approximate surface area is 237 Å². The van der Waals surface area contributed by atoms with Crippen molar-refractivity contribution in [3.05, 3.63) is 57.1 Å². The fraction of sp³-hybridized carbons (Fsp3) is 0.467. The quantitative estimate of drug-likeness (QED) is 0.288. The third kappa shape index (κ3) is 5.39. The second kappa shape index (κ2) is 11.5. The molecular formula is C30H33ClN2O7. The first-order chi connectivity index (χ1) is 19.3. The monoisotopic (exact) mass is 568 g/mol. The molecule has 2 fully saturated rings. The van der Waals surface area contributed by atoms with Crippen LogP contribution in [-0.4, -0.2) is 48.7 Å². The number of esters is 1. The number of nitrogens with one attached hydrogen (secondary N) is 1. The van der Waals surface area contributed by atoms with Gasteiger partial charge in [0.05, 0.1) is 37.3 Å². The molecule has 0 amide bonds. The Kier molecular flexibility index (Phi) is 8.03. The van der Waals surface area contributed by atoms with Crippen LogP contribution in [-0.2, 0) is 27.2 Å². The van der Waals surface area contributed by atoms with Crippen molar-refractivity contribution in [2.45, 2.75) is 57.0 Å². The predicted molar refractivity (Wildman–Crippen MR) is 149 cm³/mol. The number of benzene rings is 2. The molecule has 2 atom stereocenters. The van der Waals surface area contributed by atoms with Crippen LogP contribution in [0.15, 0.2) is 35.1 Å². The highest BCUT2D eigenvalue weighted by Crippen LogP contribution is 2.45. The molecule has 9 nitrogen and oxygen atoms in total. The fourth-order valence-electron chi connectivity index (χ4n) is 6.10. The van der Waals surface area contributed by atoms with E-state index in [0.717, 1.165) is 31.2 Å². The lowest BCUT2D eigenvalue weighted by molar-refractivity contribution is -0.185. The van der Waals surface area contributed by atoms with Gasteiger partial charge in [-0.25, -0.2) is 4.98 Å². The zero-order valence-electron chi connectivity index (χ0n) is 22.9. The number of hydrogen-bond donors (Lipinski definition) is 1. The number of nitrogens with zero attached hydrogens (tertiary/aromatic N) is 1. The number of methoxy groups -OCH3 is 3. The Balaban J connectivity index is 1.37. The molecule has 212 valence electrons. The average Bonchev–Trinajstić information content (AvgIpc) is 3.49. The van der Waals surface area contributed by atoms with Crippen molar-refractivity contribution in [2.75, 3.05) is 21.3 Å². The minimum absolute atomic E-state index is 0.0496. The Morgan fingerprint density at radius 3 is 2.35 bits per heavy atom. The van der Waals surface area contributed by atoms with Crippen molar-refractivity contribution in [2.24, 2.45) is 11.8 Å². The Morgan fingerprint density at radius 1 is 1.00 bits per heavy atom. The summed E-state index contributed by atoms with van der Waals surface area (Å²) in [6.45, 7) is 0. The number of hydrogen-bond acceptors (Lipinski definition) is 8. The molecule has 1 aromatic heterocycles. The number of fused-ring (bicyclic) bond motifs is 1. The van der Waals surface area contributed by atoms with Gasteiger partial charge in [-0.2, -0.15) is 0 Å². The van der Waals surface area contributed by atoms with Gasteiger partial charge in [0.25, 0.3) is 5.56 Å². The molecule has 0 bridgehead atoms. The number of halogens is 1. The molecule has 1 aliphatic heterocycles. The van der Waals surface area contributed by atoms with Gasteiger partial charge in [0.15, 0.2) is 17.3 Å². The highest BCUT2D eigenvalue weighted by molar-refractivity contribution is 6.32. The van der Waals surface area contributed by atoms with Crippen LogP contribution in [0.2, 0.25) is 5.02 Å². The minimum Gasteiger partial charge on any atom is -0.495 e. The van der Waals surface area contributed by atoms with E-state index in [2.05, 4.69) is 9.97 Å². The molecule has 2 aliphatic rings. The van der Waals surface area contributed by atoms with Crippen molar-refractivity contribution >= 4 is 34.3 Å². The zero-order chi connectivity index (χ0) is 28.4. The molecule has 1 saturated heterocycles. The Hall–Kier alpha value is -3.59. The maximum absolute atomic E-state index is 13.6. The predicted octanol–water partition coefficient (Wildman–Crippen LogP) is 4.84. The number of aryl methyl sites for hydroxylation is 1. The van der Waals surface area contributed by atoms with Crippen molar-refractivity contribution in [1.82, 2.24) is 9.97 Å². The lowest BCUT2D eigenvalue weighted by atomic mass is 9.73. The van der Waals surface area contributed by atoms with E-state index in [1.54, 1.807) is 19.2 Å². The molecular weight excluding hydrogens is 536 g/mol. The number of carbonyl (C=O) groups is 2. The Bertz CT molecular complexity index is 1480. The molecule has 10 heteroatoms. The molecule has 2 heterocycles. The second-order valence-electron chi connectivity index (χ2n) is 10.6. The number of rotatable bonds is 9. The van der Waals surface area contributed by atoms with E-state index in [-0.39, 0.29) is 30.4 Å². The van der Waals surface area contributed by atoms with Gasteiger partial charge in [-0.1, -0.05) is 30.5 Å². The first-order valence-corrected chi connectivity index (χ1v) is 13.9. The largest absolute Gasteiger partial charge is 0.495 e. The maximum Gasteiger partial charge on any atom is 0.317 e. The van der Waals surface area contributed by atoms with Gasteiger partial charge < -0.3 is 23.9 Å². The summed E-state index contributed by atoms with van der Waals surface area (Å²) in [4.78, 5) is 47.1. The number of aromatic amines is 1. The highest BCUT2D eigenvalue weighted by atomic mass is 35.5. The lowest BCUT2D eigenvalue weighted by Gasteiger charge is -2.43. The molecule has 40 heavy (non-hydrogen) atoms. The number of cyclic esters (lactones) is 1. The molecule has 2 aromatic carbocycles. The van der Waals surface area contributed by atoms with Crippen molar-refractivity contribution < 1.29 is 28.5 Å². The maximum atomic E-state index is 13.6. The van der Waals surface area contributed by atoms with Crippen LogP contribution in [0.5, 0.6) is 17.2 Å². The molecule has 1 saturated carbocycles. The first kappa shape index (κ1) is 28.0. The van der Waals surface area contributed by atoms with E-state index in [1.807, 2.05) is 18.2 Å². The van der Waals surface area contributed by atoms with Crippen LogP contribution in [0.4, 0.5) is 0 Å². The normalized spacial score (nSPS) is 21.4. The van der Waals surface area contributed by atoms with Crippen molar-refractivity contribution in [1.29, 1.82) is 0 Å². The van der Waals surface area contributed by atoms with Gasteiger partial charge in [-0.05, 0) is 55.4 Å². The molecule has 3 aromatic rings. The van der Waals surface area contributed by atoms with Crippen LogP contribution < -0.4 is 19.8 Å². The zero-order valence-corrected chi connectivity index (χ0v) is 23.6. The summed E-state index contributed by atoms with van der Waals surface area (Å²) < 4.78 is 22.1. The SMILES string of the molecule is COc1ccc(CCC2(C3CCCC3)CC(=O)C(Cc3nc4cc(OC)c(OC)cc4c(=O)[nH]3)C(=O)O2)cc1Cl. The van der Waals surface area contributed by atoms with Gasteiger partial charge in [0.2, 0.25) is 0 Å². The highest BCUT2D eigenvalue weighted by Gasteiger charge is 2.51. The minimum atomic E-state index is -1.04. The number of Topliss-reactive ketones (excluding diaryl/α,β-unsaturated/α-hetero) is 1. The fourth-order valence-corrected chi connectivity index (χ4v) is 6.38. The smallest absolute Gasteiger partial charge is 0.317 e. The summed E-state index contributed by atoms with van der Waals surface area (Å²) in [7, 11) is 4.54. The summed E-state index contributed by atoms with van der Waals surface area (Å²) in [6.07, 6.45) is 5.15. The lowest BCUT2D eigenvalue weighted by Crippen LogP contribution is -2.52. The third-order valence-corrected chi connectivity index (χ3v) is 8.56. The number of aromatic nitrogens is 2. The van der Waals surface area contributed by atoms with E-state index >= 15 is 0 Å². The molecule has 1 N–H and O–H groups in total. The van der Waals surface area contributed by atoms with E-state index in [4.69, 9.17) is 30.5 Å².